The van der Waals surface area contributed by atoms with Crippen LogP contribution in [0, 0.1) is 11.8 Å². The van der Waals surface area contributed by atoms with Crippen LogP contribution in [0.3, 0.4) is 0 Å². The zero-order valence-electron chi connectivity index (χ0n) is 10.3. The first kappa shape index (κ1) is 12.5. The topological polar surface area (TPSA) is 40.5 Å². The Balaban J connectivity index is 2.59. The number of carboxylic acid groups (broad SMARTS) is 1. The lowest BCUT2D eigenvalue weighted by Crippen LogP contribution is -2.52. The molecule has 1 aliphatic rings. The quantitative estimate of drug-likeness (QED) is 0.735. The lowest BCUT2D eigenvalue weighted by atomic mass is 9.93. The van der Waals surface area contributed by atoms with Crippen LogP contribution >= 0.6 is 0 Å². The smallest absolute Gasteiger partial charge is 0.324 e. The van der Waals surface area contributed by atoms with Crippen molar-refractivity contribution in [2.45, 2.75) is 45.6 Å². The van der Waals surface area contributed by atoms with Gasteiger partial charge in [-0.1, -0.05) is 13.8 Å². The molecule has 1 rings (SSSR count). The Morgan fingerprint density at radius 2 is 2.07 bits per heavy atom. The SMILES string of the molecule is CC(C)CCN(C)C(C)(C(=O)O)C1CC1. The van der Waals surface area contributed by atoms with Gasteiger partial charge >= 0.3 is 5.97 Å². The molecule has 1 aliphatic carbocycles. The van der Waals surface area contributed by atoms with Crippen molar-refractivity contribution < 1.29 is 9.90 Å². The highest BCUT2D eigenvalue weighted by Crippen LogP contribution is 2.42. The second-order valence-electron chi connectivity index (χ2n) is 5.33. The summed E-state index contributed by atoms with van der Waals surface area (Å²) in [5.41, 5.74) is -0.644. The lowest BCUT2D eigenvalue weighted by Gasteiger charge is -2.35. The van der Waals surface area contributed by atoms with Crippen LogP contribution in [0.15, 0.2) is 0 Å². The molecule has 0 spiro atoms. The van der Waals surface area contributed by atoms with E-state index in [1.807, 2.05) is 18.9 Å². The molecule has 3 heteroatoms. The third kappa shape index (κ3) is 2.71. The second-order valence-corrected chi connectivity index (χ2v) is 5.33. The average Bonchev–Trinajstić information content (AvgIpc) is 2.95. The van der Waals surface area contributed by atoms with Gasteiger partial charge in [-0.05, 0) is 51.6 Å². The summed E-state index contributed by atoms with van der Waals surface area (Å²) in [5, 5.41) is 9.34. The van der Waals surface area contributed by atoms with Crippen molar-refractivity contribution in [2.75, 3.05) is 13.6 Å². The van der Waals surface area contributed by atoms with Crippen LogP contribution in [0.25, 0.3) is 0 Å². The highest BCUT2D eigenvalue weighted by atomic mass is 16.4. The number of rotatable bonds is 6. The van der Waals surface area contributed by atoms with Crippen molar-refractivity contribution in [3.63, 3.8) is 0 Å². The lowest BCUT2D eigenvalue weighted by molar-refractivity contribution is -0.151. The van der Waals surface area contributed by atoms with E-state index in [4.69, 9.17) is 0 Å². The molecule has 0 saturated heterocycles. The summed E-state index contributed by atoms with van der Waals surface area (Å²) < 4.78 is 0. The highest BCUT2D eigenvalue weighted by molar-refractivity contribution is 5.79. The molecule has 1 unspecified atom stereocenters. The third-order valence-corrected chi connectivity index (χ3v) is 3.64. The molecule has 0 bridgehead atoms. The van der Waals surface area contributed by atoms with Crippen molar-refractivity contribution in [3.8, 4) is 0 Å². The van der Waals surface area contributed by atoms with Crippen LogP contribution in [-0.2, 0) is 4.79 Å². The third-order valence-electron chi connectivity index (χ3n) is 3.64. The van der Waals surface area contributed by atoms with Crippen LogP contribution in [0.5, 0.6) is 0 Å². The van der Waals surface area contributed by atoms with E-state index in [2.05, 4.69) is 13.8 Å². The van der Waals surface area contributed by atoms with E-state index in [-0.39, 0.29) is 0 Å². The fourth-order valence-electron chi connectivity index (χ4n) is 1.98. The first-order valence-electron chi connectivity index (χ1n) is 5.83. The van der Waals surface area contributed by atoms with Gasteiger partial charge in [0.25, 0.3) is 0 Å². The van der Waals surface area contributed by atoms with Crippen molar-refractivity contribution in [3.05, 3.63) is 0 Å². The molecule has 0 aromatic rings. The van der Waals surface area contributed by atoms with Crippen LogP contribution in [0.2, 0.25) is 0 Å². The molecule has 1 N–H and O–H groups in total. The van der Waals surface area contributed by atoms with Crippen LogP contribution < -0.4 is 0 Å². The standard InChI is InChI=1S/C12H23NO2/c1-9(2)7-8-13(4)12(3,11(14)15)10-5-6-10/h9-10H,5-8H2,1-4H3,(H,14,15). The minimum atomic E-state index is -0.670. The largest absolute Gasteiger partial charge is 0.480 e. The Kier molecular flexibility index (Phi) is 3.77. The Morgan fingerprint density at radius 1 is 1.53 bits per heavy atom. The molecule has 1 fully saturated rings. The maximum atomic E-state index is 11.3. The number of carboxylic acids is 1. The van der Waals surface area contributed by atoms with E-state index in [0.717, 1.165) is 25.8 Å². The summed E-state index contributed by atoms with van der Waals surface area (Å²) in [4.78, 5) is 13.4. The van der Waals surface area contributed by atoms with Crippen LogP contribution in [-0.4, -0.2) is 35.1 Å². The van der Waals surface area contributed by atoms with Gasteiger partial charge in [-0.25, -0.2) is 0 Å². The second kappa shape index (κ2) is 4.52. The zero-order chi connectivity index (χ0) is 11.6. The number of hydrogen-bond acceptors (Lipinski definition) is 2. The van der Waals surface area contributed by atoms with Crippen LogP contribution in [0.1, 0.15) is 40.0 Å². The molecular weight excluding hydrogens is 190 g/mol. The molecular formula is C12H23NO2. The van der Waals surface area contributed by atoms with E-state index in [1.165, 1.54) is 0 Å². The van der Waals surface area contributed by atoms with Gasteiger partial charge in [-0.15, -0.1) is 0 Å². The minimum absolute atomic E-state index is 0.354. The van der Waals surface area contributed by atoms with Gasteiger partial charge < -0.3 is 5.11 Å². The number of carbonyl (C=O) groups is 1. The monoisotopic (exact) mass is 213 g/mol. The number of likely N-dealkylation sites (N-methyl/N-ethyl adjacent to an activating group) is 1. The molecule has 3 nitrogen and oxygen atoms in total. The van der Waals surface area contributed by atoms with Crippen LogP contribution in [0.4, 0.5) is 0 Å². The fraction of sp³-hybridized carbons (Fsp3) is 0.917. The molecule has 1 atom stereocenters. The zero-order valence-corrected chi connectivity index (χ0v) is 10.3. The van der Waals surface area contributed by atoms with Gasteiger partial charge in [0, 0.05) is 0 Å². The molecule has 0 heterocycles. The Hall–Kier alpha value is -0.570. The van der Waals surface area contributed by atoms with Gasteiger partial charge in [-0.2, -0.15) is 0 Å². The van der Waals surface area contributed by atoms with Crippen molar-refractivity contribution in [1.82, 2.24) is 4.90 Å². The molecule has 0 aromatic heterocycles. The molecule has 88 valence electrons. The summed E-state index contributed by atoms with van der Waals surface area (Å²) in [6.07, 6.45) is 3.19. The van der Waals surface area contributed by atoms with Gasteiger partial charge in [0.1, 0.15) is 5.54 Å². The maximum absolute atomic E-state index is 11.3. The van der Waals surface area contributed by atoms with Crippen molar-refractivity contribution in [1.29, 1.82) is 0 Å². The maximum Gasteiger partial charge on any atom is 0.324 e. The van der Waals surface area contributed by atoms with Gasteiger partial charge in [0.2, 0.25) is 0 Å². The van der Waals surface area contributed by atoms with Gasteiger partial charge in [0.05, 0.1) is 0 Å². The van der Waals surface area contributed by atoms with E-state index < -0.39 is 11.5 Å². The van der Waals surface area contributed by atoms with E-state index in [0.29, 0.717) is 11.8 Å². The Morgan fingerprint density at radius 3 is 2.40 bits per heavy atom. The summed E-state index contributed by atoms with van der Waals surface area (Å²) in [6, 6.07) is 0. The molecule has 0 radical (unpaired) electrons. The first-order chi connectivity index (χ1) is 6.89. The average molecular weight is 213 g/mol. The summed E-state index contributed by atoms with van der Waals surface area (Å²) in [5.74, 6) is 0.313. The Bertz CT molecular complexity index is 236. The normalized spacial score (nSPS) is 20.7. The molecule has 1 saturated carbocycles. The Labute approximate surface area is 92.5 Å². The fourth-order valence-corrected chi connectivity index (χ4v) is 1.98. The van der Waals surface area contributed by atoms with Gasteiger partial charge in [0.15, 0.2) is 0 Å². The van der Waals surface area contributed by atoms with E-state index in [1.54, 1.807) is 0 Å². The predicted molar refractivity (Wildman–Crippen MR) is 60.8 cm³/mol. The van der Waals surface area contributed by atoms with Gasteiger partial charge in [-0.3, -0.25) is 9.69 Å². The number of aliphatic carboxylic acids is 1. The molecule has 15 heavy (non-hydrogen) atoms. The number of nitrogens with zero attached hydrogens (tertiary/aromatic N) is 1. The highest BCUT2D eigenvalue weighted by Gasteiger charge is 2.50. The molecule has 0 amide bonds. The molecule has 0 aromatic carbocycles. The van der Waals surface area contributed by atoms with Crippen molar-refractivity contribution in [2.24, 2.45) is 11.8 Å². The minimum Gasteiger partial charge on any atom is -0.480 e. The summed E-state index contributed by atoms with van der Waals surface area (Å²) in [6.45, 7) is 7.08. The predicted octanol–water partition coefficient (Wildman–Crippen LogP) is 2.22. The summed E-state index contributed by atoms with van der Waals surface area (Å²) >= 11 is 0. The molecule has 0 aliphatic heterocycles. The first-order valence-corrected chi connectivity index (χ1v) is 5.83. The van der Waals surface area contributed by atoms with E-state index in [9.17, 15) is 9.90 Å². The van der Waals surface area contributed by atoms with E-state index >= 15 is 0 Å². The van der Waals surface area contributed by atoms with Crippen molar-refractivity contribution >= 4 is 5.97 Å². The summed E-state index contributed by atoms with van der Waals surface area (Å²) in [7, 11) is 1.94. The number of hydrogen-bond donors (Lipinski definition) is 1.